The van der Waals surface area contributed by atoms with Crippen LogP contribution in [0.3, 0.4) is 0 Å². The summed E-state index contributed by atoms with van der Waals surface area (Å²) in [5.41, 5.74) is 0. The van der Waals surface area contributed by atoms with Gasteiger partial charge in [0.25, 0.3) is 0 Å². The first-order valence-electron chi connectivity index (χ1n) is 6.78. The molecular weight excluding hydrogens is 264 g/mol. The molecule has 1 aromatic heterocycles. The van der Waals surface area contributed by atoms with Gasteiger partial charge in [-0.1, -0.05) is 24.9 Å². The predicted molar refractivity (Wildman–Crippen MR) is 73.0 cm³/mol. The Balaban J connectivity index is 1.76. The number of nitrogens with zero attached hydrogens (tertiary/aromatic N) is 2. The molecule has 2 rings (SSSR count). The molecule has 19 heavy (non-hydrogen) atoms. The second-order valence-corrected chi connectivity index (χ2v) is 6.52. The number of hydrogen-bond acceptors (Lipinski definition) is 5. The van der Waals surface area contributed by atoms with Crippen molar-refractivity contribution in [3.8, 4) is 0 Å². The van der Waals surface area contributed by atoms with Crippen LogP contribution in [0.5, 0.6) is 0 Å². The lowest BCUT2D eigenvalue weighted by Crippen LogP contribution is -2.07. The third kappa shape index (κ3) is 4.86. The number of hydrogen-bond donors (Lipinski definition) is 1. The molecule has 0 aromatic carbocycles. The Labute approximate surface area is 117 Å². The van der Waals surface area contributed by atoms with Gasteiger partial charge in [0.2, 0.25) is 5.89 Å². The monoisotopic (exact) mass is 284 g/mol. The first kappa shape index (κ1) is 14.4. The molecular formula is C13H20N2O3S. The van der Waals surface area contributed by atoms with Crippen LogP contribution in [0.25, 0.3) is 0 Å². The Morgan fingerprint density at radius 3 is 2.95 bits per heavy atom. The van der Waals surface area contributed by atoms with Crippen LogP contribution in [-0.4, -0.2) is 26.5 Å². The highest BCUT2D eigenvalue weighted by atomic mass is 32.2. The van der Waals surface area contributed by atoms with Gasteiger partial charge in [-0.05, 0) is 18.8 Å². The van der Waals surface area contributed by atoms with Gasteiger partial charge in [0, 0.05) is 18.1 Å². The highest BCUT2D eigenvalue weighted by molar-refractivity contribution is 7.99. The molecule has 6 heteroatoms. The first-order valence-corrected chi connectivity index (χ1v) is 7.83. The quantitative estimate of drug-likeness (QED) is 0.829. The van der Waals surface area contributed by atoms with Crippen LogP contribution >= 0.6 is 11.8 Å². The molecule has 1 unspecified atom stereocenters. The smallest absolute Gasteiger partial charge is 0.303 e. The van der Waals surface area contributed by atoms with Gasteiger partial charge in [0.05, 0.1) is 5.75 Å². The van der Waals surface area contributed by atoms with E-state index in [-0.39, 0.29) is 12.3 Å². The van der Waals surface area contributed by atoms with E-state index in [1.165, 1.54) is 25.7 Å². The maximum atomic E-state index is 10.6. The molecule has 0 radical (unpaired) electrons. The van der Waals surface area contributed by atoms with E-state index < -0.39 is 5.97 Å². The molecule has 106 valence electrons. The summed E-state index contributed by atoms with van der Waals surface area (Å²) in [5.74, 6) is 1.31. The highest BCUT2D eigenvalue weighted by Gasteiger charge is 2.17. The standard InChI is InChI=1S/C13H20N2O3S/c1-9(7-13(16)17)6-12-14-11(15-18-12)8-19-10-4-2-3-5-10/h9-10H,2-8H2,1H3,(H,16,17). The molecule has 1 aliphatic rings. The lowest BCUT2D eigenvalue weighted by atomic mass is 10.0. The number of aliphatic carboxylic acids is 1. The van der Waals surface area contributed by atoms with Crippen LogP contribution in [0.2, 0.25) is 0 Å². The lowest BCUT2D eigenvalue weighted by Gasteiger charge is -2.05. The minimum Gasteiger partial charge on any atom is -0.481 e. The molecule has 1 aromatic rings. The Hall–Kier alpha value is -1.04. The number of carboxylic acids is 1. The van der Waals surface area contributed by atoms with E-state index in [0.29, 0.717) is 12.3 Å². The van der Waals surface area contributed by atoms with Crippen LogP contribution in [0.1, 0.15) is 50.7 Å². The minimum atomic E-state index is -0.788. The van der Waals surface area contributed by atoms with E-state index in [9.17, 15) is 4.79 Å². The molecule has 0 bridgehead atoms. The topological polar surface area (TPSA) is 76.2 Å². The third-order valence-corrected chi connectivity index (χ3v) is 4.67. The average Bonchev–Trinajstić information content (AvgIpc) is 2.95. The van der Waals surface area contributed by atoms with Crippen molar-refractivity contribution >= 4 is 17.7 Å². The molecule has 1 fully saturated rings. The maximum Gasteiger partial charge on any atom is 0.303 e. The van der Waals surface area contributed by atoms with E-state index in [1.54, 1.807) is 0 Å². The summed E-state index contributed by atoms with van der Waals surface area (Å²) in [6.45, 7) is 1.88. The van der Waals surface area contributed by atoms with Crippen molar-refractivity contribution in [1.82, 2.24) is 10.1 Å². The number of thioether (sulfide) groups is 1. The van der Waals surface area contributed by atoms with Gasteiger partial charge in [-0.25, -0.2) is 0 Å². The van der Waals surface area contributed by atoms with Crippen molar-refractivity contribution < 1.29 is 14.4 Å². The number of carboxylic acid groups (broad SMARTS) is 1. The molecule has 0 spiro atoms. The molecule has 1 aliphatic carbocycles. The fourth-order valence-electron chi connectivity index (χ4n) is 2.35. The summed E-state index contributed by atoms with van der Waals surface area (Å²) in [5, 5.41) is 13.4. The van der Waals surface area contributed by atoms with E-state index in [1.807, 2.05) is 18.7 Å². The maximum absolute atomic E-state index is 10.6. The normalized spacial score (nSPS) is 17.7. The van der Waals surface area contributed by atoms with Gasteiger partial charge in [-0.3, -0.25) is 4.79 Å². The molecule has 0 amide bonds. The van der Waals surface area contributed by atoms with Gasteiger partial charge >= 0.3 is 5.97 Å². The van der Waals surface area contributed by atoms with Crippen molar-refractivity contribution in [2.45, 2.75) is 56.5 Å². The first-order chi connectivity index (χ1) is 9.13. The predicted octanol–water partition coefficient (Wildman–Crippen LogP) is 2.90. The van der Waals surface area contributed by atoms with Crippen molar-refractivity contribution in [2.75, 3.05) is 0 Å². The fourth-order valence-corrected chi connectivity index (χ4v) is 3.52. The Morgan fingerprint density at radius 2 is 2.26 bits per heavy atom. The molecule has 5 nitrogen and oxygen atoms in total. The number of carbonyl (C=O) groups is 1. The molecule has 1 atom stereocenters. The Kier molecular flexibility index (Phi) is 5.24. The van der Waals surface area contributed by atoms with Gasteiger partial charge in [0.15, 0.2) is 5.82 Å². The summed E-state index contributed by atoms with van der Waals surface area (Å²) in [6, 6.07) is 0. The average molecular weight is 284 g/mol. The molecule has 1 heterocycles. The second kappa shape index (κ2) is 6.93. The highest BCUT2D eigenvalue weighted by Crippen LogP contribution is 2.31. The van der Waals surface area contributed by atoms with Crippen LogP contribution in [0.15, 0.2) is 4.52 Å². The summed E-state index contributed by atoms with van der Waals surface area (Å²) < 4.78 is 5.16. The lowest BCUT2D eigenvalue weighted by molar-refractivity contribution is -0.137. The van der Waals surface area contributed by atoms with Gasteiger partial charge in [0.1, 0.15) is 0 Å². The molecule has 0 saturated heterocycles. The van der Waals surface area contributed by atoms with Gasteiger partial charge < -0.3 is 9.63 Å². The van der Waals surface area contributed by atoms with E-state index in [2.05, 4.69) is 10.1 Å². The number of aromatic nitrogens is 2. The van der Waals surface area contributed by atoms with Crippen LogP contribution in [0, 0.1) is 5.92 Å². The molecule has 0 aliphatic heterocycles. The zero-order chi connectivity index (χ0) is 13.7. The van der Waals surface area contributed by atoms with Crippen molar-refractivity contribution in [2.24, 2.45) is 5.92 Å². The Bertz CT molecular complexity index is 416. The van der Waals surface area contributed by atoms with Crippen molar-refractivity contribution in [3.05, 3.63) is 11.7 Å². The zero-order valence-corrected chi connectivity index (χ0v) is 12.0. The second-order valence-electron chi connectivity index (χ2n) is 5.23. The van der Waals surface area contributed by atoms with Gasteiger partial charge in [-0.15, -0.1) is 0 Å². The summed E-state index contributed by atoms with van der Waals surface area (Å²) >= 11 is 1.90. The fraction of sp³-hybridized carbons (Fsp3) is 0.769. The zero-order valence-electron chi connectivity index (χ0n) is 11.2. The number of rotatable bonds is 7. The minimum absolute atomic E-state index is 0.0216. The molecule has 1 saturated carbocycles. The Morgan fingerprint density at radius 1 is 1.53 bits per heavy atom. The summed E-state index contributed by atoms with van der Waals surface area (Å²) in [7, 11) is 0. The van der Waals surface area contributed by atoms with Crippen molar-refractivity contribution in [1.29, 1.82) is 0 Å². The van der Waals surface area contributed by atoms with Crippen LogP contribution in [0.4, 0.5) is 0 Å². The third-order valence-electron chi connectivity index (χ3n) is 3.31. The van der Waals surface area contributed by atoms with Crippen LogP contribution < -0.4 is 0 Å². The van der Waals surface area contributed by atoms with Crippen LogP contribution in [-0.2, 0) is 17.0 Å². The van der Waals surface area contributed by atoms with E-state index in [4.69, 9.17) is 9.63 Å². The SMILES string of the molecule is CC(CC(=O)O)Cc1nc(CSC2CCCC2)no1. The van der Waals surface area contributed by atoms with Crippen molar-refractivity contribution in [3.63, 3.8) is 0 Å². The molecule has 1 N–H and O–H groups in total. The van der Waals surface area contributed by atoms with E-state index >= 15 is 0 Å². The summed E-state index contributed by atoms with van der Waals surface area (Å²) in [6.07, 6.45) is 5.93. The largest absolute Gasteiger partial charge is 0.481 e. The van der Waals surface area contributed by atoms with Gasteiger partial charge in [-0.2, -0.15) is 16.7 Å². The van der Waals surface area contributed by atoms with E-state index in [0.717, 1.165) is 16.8 Å². The summed E-state index contributed by atoms with van der Waals surface area (Å²) in [4.78, 5) is 14.9.